The van der Waals surface area contributed by atoms with Gasteiger partial charge >= 0.3 is 0 Å². The molecule has 0 aromatic heterocycles. The van der Waals surface area contributed by atoms with E-state index in [4.69, 9.17) is 4.74 Å². The van der Waals surface area contributed by atoms with Crippen LogP contribution in [0.1, 0.15) is 27.7 Å². The van der Waals surface area contributed by atoms with E-state index in [9.17, 15) is 0 Å². The zero-order valence-corrected chi connectivity index (χ0v) is 11.1. The summed E-state index contributed by atoms with van der Waals surface area (Å²) in [5.41, 5.74) is 0.279. The van der Waals surface area contributed by atoms with Gasteiger partial charge in [0.25, 0.3) is 0 Å². The van der Waals surface area contributed by atoms with E-state index in [0.29, 0.717) is 6.04 Å². The van der Waals surface area contributed by atoms with E-state index >= 15 is 0 Å². The van der Waals surface area contributed by atoms with Crippen molar-refractivity contribution in [2.75, 3.05) is 32.6 Å². The van der Waals surface area contributed by atoms with E-state index in [-0.39, 0.29) is 5.41 Å². The number of methoxy groups -OCH3 is 1. The Morgan fingerprint density at radius 3 is 2.29 bits per heavy atom. The lowest BCUT2D eigenvalue weighted by Crippen LogP contribution is -2.41. The number of ether oxygens (including phenoxy) is 1. The summed E-state index contributed by atoms with van der Waals surface area (Å²) in [6, 6.07) is 0.573. The molecule has 0 aliphatic heterocycles. The second-order valence-electron chi connectivity index (χ2n) is 4.88. The molecule has 0 rings (SSSR count). The van der Waals surface area contributed by atoms with Crippen molar-refractivity contribution in [1.29, 1.82) is 0 Å². The van der Waals surface area contributed by atoms with Crippen LogP contribution < -0.4 is 0 Å². The van der Waals surface area contributed by atoms with Crippen molar-refractivity contribution in [3.8, 4) is 0 Å². The minimum Gasteiger partial charge on any atom is -0.383 e. The summed E-state index contributed by atoms with van der Waals surface area (Å²) in [6.07, 6.45) is 0. The first-order valence-corrected chi connectivity index (χ1v) is 5.90. The summed E-state index contributed by atoms with van der Waals surface area (Å²) in [4.78, 5) is 2.44. The van der Waals surface area contributed by atoms with E-state index in [1.807, 2.05) is 0 Å². The van der Waals surface area contributed by atoms with Gasteiger partial charge in [-0.1, -0.05) is 13.8 Å². The molecular formula is C11H25NOS. The van der Waals surface area contributed by atoms with Crippen LogP contribution in [0, 0.1) is 5.41 Å². The maximum Gasteiger partial charge on any atom is 0.0589 e. The van der Waals surface area contributed by atoms with Crippen molar-refractivity contribution in [2.45, 2.75) is 33.7 Å². The Balaban J connectivity index is 4.08. The lowest BCUT2D eigenvalue weighted by molar-refractivity contribution is 0.103. The quantitative estimate of drug-likeness (QED) is 0.660. The van der Waals surface area contributed by atoms with Gasteiger partial charge in [-0.25, -0.2) is 0 Å². The van der Waals surface area contributed by atoms with Crippen LogP contribution in [0.4, 0.5) is 0 Å². The Labute approximate surface area is 94.4 Å². The Kier molecular flexibility index (Phi) is 6.83. The summed E-state index contributed by atoms with van der Waals surface area (Å²) in [6.45, 7) is 11.8. The van der Waals surface area contributed by atoms with E-state index in [1.54, 1.807) is 7.11 Å². The van der Waals surface area contributed by atoms with E-state index in [2.05, 4.69) is 45.2 Å². The summed E-state index contributed by atoms with van der Waals surface area (Å²) < 4.78 is 5.11. The van der Waals surface area contributed by atoms with Crippen LogP contribution in [0.3, 0.4) is 0 Å². The molecule has 0 aromatic rings. The predicted octanol–water partition coefficient (Wildman–Crippen LogP) is 2.30. The highest BCUT2D eigenvalue weighted by molar-refractivity contribution is 7.80. The normalized spacial score (nSPS) is 12.9. The number of rotatable bonds is 7. The fourth-order valence-corrected chi connectivity index (χ4v) is 1.43. The minimum absolute atomic E-state index is 0.279. The molecule has 0 heterocycles. The first-order chi connectivity index (χ1) is 6.43. The molecular weight excluding hydrogens is 194 g/mol. The van der Waals surface area contributed by atoms with Crippen LogP contribution in [0.5, 0.6) is 0 Å². The number of hydrogen-bond donors (Lipinski definition) is 1. The van der Waals surface area contributed by atoms with Gasteiger partial charge in [0.05, 0.1) is 6.61 Å². The fourth-order valence-electron chi connectivity index (χ4n) is 1.33. The molecule has 0 aliphatic carbocycles. The van der Waals surface area contributed by atoms with Gasteiger partial charge in [-0.2, -0.15) is 12.6 Å². The van der Waals surface area contributed by atoms with E-state index in [0.717, 1.165) is 25.4 Å². The van der Waals surface area contributed by atoms with E-state index < -0.39 is 0 Å². The SMILES string of the molecule is COCCN(CC(C)(C)CS)C(C)C. The van der Waals surface area contributed by atoms with Crippen molar-refractivity contribution in [1.82, 2.24) is 4.90 Å². The summed E-state index contributed by atoms with van der Waals surface area (Å²) >= 11 is 4.38. The number of thiol groups is 1. The topological polar surface area (TPSA) is 12.5 Å². The van der Waals surface area contributed by atoms with Crippen molar-refractivity contribution in [3.05, 3.63) is 0 Å². The van der Waals surface area contributed by atoms with Crippen molar-refractivity contribution in [2.24, 2.45) is 5.41 Å². The third kappa shape index (κ3) is 5.89. The predicted molar refractivity (Wildman–Crippen MR) is 66.2 cm³/mol. The van der Waals surface area contributed by atoms with Crippen molar-refractivity contribution >= 4 is 12.6 Å². The third-order valence-corrected chi connectivity index (χ3v) is 3.23. The average Bonchev–Trinajstić information content (AvgIpc) is 2.12. The largest absolute Gasteiger partial charge is 0.383 e. The molecule has 0 radical (unpaired) electrons. The molecule has 0 unspecified atom stereocenters. The molecule has 0 bridgehead atoms. The Hall–Kier alpha value is 0.270. The number of hydrogen-bond acceptors (Lipinski definition) is 3. The van der Waals surface area contributed by atoms with Crippen LogP contribution in [0.2, 0.25) is 0 Å². The van der Waals surface area contributed by atoms with Crippen LogP contribution >= 0.6 is 12.6 Å². The number of nitrogens with zero attached hydrogens (tertiary/aromatic N) is 1. The third-order valence-electron chi connectivity index (χ3n) is 2.37. The summed E-state index contributed by atoms with van der Waals surface area (Å²) in [5.74, 6) is 0.920. The van der Waals surface area contributed by atoms with E-state index in [1.165, 1.54) is 0 Å². The van der Waals surface area contributed by atoms with Gasteiger partial charge in [-0.15, -0.1) is 0 Å². The molecule has 2 nitrogen and oxygen atoms in total. The Bertz CT molecular complexity index is 148. The summed E-state index contributed by atoms with van der Waals surface area (Å²) in [5, 5.41) is 0. The van der Waals surface area contributed by atoms with Crippen LogP contribution in [-0.2, 0) is 4.74 Å². The van der Waals surface area contributed by atoms with Gasteiger partial charge in [0.15, 0.2) is 0 Å². The van der Waals surface area contributed by atoms with Crippen molar-refractivity contribution < 1.29 is 4.74 Å². The Morgan fingerprint density at radius 1 is 1.36 bits per heavy atom. The second-order valence-corrected chi connectivity index (χ2v) is 5.20. The maximum absolute atomic E-state index is 5.11. The monoisotopic (exact) mass is 219 g/mol. The van der Waals surface area contributed by atoms with Crippen LogP contribution in [0.25, 0.3) is 0 Å². The molecule has 0 atom stereocenters. The lowest BCUT2D eigenvalue weighted by atomic mass is 9.95. The molecule has 0 N–H and O–H groups in total. The standard InChI is InChI=1S/C11H25NOS/c1-10(2)12(6-7-13-5)8-11(3,4)9-14/h10,14H,6-9H2,1-5H3. The van der Waals surface area contributed by atoms with Gasteiger partial charge in [0.1, 0.15) is 0 Å². The molecule has 0 aromatic carbocycles. The molecule has 0 amide bonds. The highest BCUT2D eigenvalue weighted by atomic mass is 32.1. The molecule has 0 fully saturated rings. The second kappa shape index (κ2) is 6.70. The zero-order chi connectivity index (χ0) is 11.2. The Morgan fingerprint density at radius 2 is 1.93 bits per heavy atom. The smallest absolute Gasteiger partial charge is 0.0589 e. The molecule has 0 saturated carbocycles. The molecule has 86 valence electrons. The highest BCUT2D eigenvalue weighted by Crippen LogP contribution is 2.19. The highest BCUT2D eigenvalue weighted by Gasteiger charge is 2.21. The van der Waals surface area contributed by atoms with Crippen LogP contribution in [0.15, 0.2) is 0 Å². The molecule has 14 heavy (non-hydrogen) atoms. The minimum atomic E-state index is 0.279. The first-order valence-electron chi connectivity index (χ1n) is 5.27. The van der Waals surface area contributed by atoms with Gasteiger partial charge in [0, 0.05) is 26.2 Å². The van der Waals surface area contributed by atoms with Gasteiger partial charge in [-0.05, 0) is 25.0 Å². The first kappa shape index (κ1) is 14.3. The average molecular weight is 219 g/mol. The fraction of sp³-hybridized carbons (Fsp3) is 1.00. The van der Waals surface area contributed by atoms with Crippen LogP contribution in [-0.4, -0.2) is 43.5 Å². The van der Waals surface area contributed by atoms with Gasteiger partial charge in [-0.3, -0.25) is 4.90 Å². The summed E-state index contributed by atoms with van der Waals surface area (Å²) in [7, 11) is 1.75. The molecule has 3 heteroatoms. The maximum atomic E-state index is 5.11. The van der Waals surface area contributed by atoms with Crippen molar-refractivity contribution in [3.63, 3.8) is 0 Å². The molecule has 0 saturated heterocycles. The van der Waals surface area contributed by atoms with Gasteiger partial charge in [0.2, 0.25) is 0 Å². The molecule has 0 aliphatic rings. The van der Waals surface area contributed by atoms with Gasteiger partial charge < -0.3 is 4.74 Å². The zero-order valence-electron chi connectivity index (χ0n) is 10.2. The molecule has 0 spiro atoms. The lowest BCUT2D eigenvalue weighted by Gasteiger charge is -2.34.